The molecule has 2 aromatic carbocycles. The molecular formula is C28H35N3O5. The van der Waals surface area contributed by atoms with Crippen molar-refractivity contribution in [1.29, 1.82) is 0 Å². The lowest BCUT2D eigenvalue weighted by atomic mass is 10.0. The molecule has 2 amide bonds. The maximum atomic E-state index is 12.9. The highest BCUT2D eigenvalue weighted by molar-refractivity contribution is 6.12. The minimum Gasteiger partial charge on any atom is -0.394 e. The number of ether oxygens (including phenoxy) is 1. The summed E-state index contributed by atoms with van der Waals surface area (Å²) in [6, 6.07) is 11.0. The molecule has 0 aliphatic carbocycles. The number of anilines is 1. The van der Waals surface area contributed by atoms with Crippen molar-refractivity contribution in [1.82, 2.24) is 9.47 Å². The lowest BCUT2D eigenvalue weighted by Gasteiger charge is -2.18. The van der Waals surface area contributed by atoms with E-state index in [1.165, 1.54) is 35.7 Å². The molecule has 4 rings (SSSR count). The van der Waals surface area contributed by atoms with Gasteiger partial charge in [-0.2, -0.15) is 0 Å². The highest BCUT2D eigenvalue weighted by Gasteiger charge is 2.30. The zero-order valence-electron chi connectivity index (χ0n) is 22.1. The Morgan fingerprint density at radius 3 is 2.17 bits per heavy atom. The number of hydrogen-bond acceptors (Lipinski definition) is 5. The van der Waals surface area contributed by atoms with Gasteiger partial charge >= 0.3 is 11.9 Å². The van der Waals surface area contributed by atoms with Crippen LogP contribution in [0.4, 0.5) is 5.69 Å². The Morgan fingerprint density at radius 2 is 1.64 bits per heavy atom. The van der Waals surface area contributed by atoms with Gasteiger partial charge in [0, 0.05) is 61.9 Å². The van der Waals surface area contributed by atoms with Crippen molar-refractivity contribution in [2.24, 2.45) is 5.92 Å². The number of rotatable bonds is 3. The van der Waals surface area contributed by atoms with Gasteiger partial charge < -0.3 is 19.5 Å². The molecule has 3 aromatic rings. The van der Waals surface area contributed by atoms with Gasteiger partial charge in [0.2, 0.25) is 11.8 Å². The quantitative estimate of drug-likeness (QED) is 0.414. The average Bonchev–Trinajstić information content (AvgIpc) is 3.39. The predicted molar refractivity (Wildman–Crippen MR) is 141 cm³/mol. The molecule has 1 aromatic heterocycles. The summed E-state index contributed by atoms with van der Waals surface area (Å²) in [6.45, 7) is 13.6. The second-order valence-electron chi connectivity index (χ2n) is 9.59. The summed E-state index contributed by atoms with van der Waals surface area (Å²) in [5.74, 6) is -1.23. The van der Waals surface area contributed by atoms with E-state index >= 15 is 0 Å². The molecule has 36 heavy (non-hydrogen) atoms. The van der Waals surface area contributed by atoms with Gasteiger partial charge in [0.25, 0.3) is 0 Å². The van der Waals surface area contributed by atoms with Crippen molar-refractivity contribution in [3.8, 4) is 0 Å². The molecule has 8 heteroatoms. The number of amides is 2. The molecule has 1 aliphatic heterocycles. The Bertz CT molecular complexity index is 1330. The van der Waals surface area contributed by atoms with Crippen molar-refractivity contribution in [2.75, 3.05) is 18.4 Å². The van der Waals surface area contributed by atoms with Crippen molar-refractivity contribution >= 4 is 51.2 Å². The van der Waals surface area contributed by atoms with Crippen LogP contribution in [0.25, 0.3) is 21.8 Å². The molecule has 192 valence electrons. The van der Waals surface area contributed by atoms with Gasteiger partial charge in [0.1, 0.15) is 0 Å². The van der Waals surface area contributed by atoms with E-state index in [2.05, 4.69) is 72.6 Å². The molecule has 0 bridgehead atoms. The number of likely N-dealkylation sites (tertiary alicyclic amines) is 1. The average molecular weight is 494 g/mol. The standard InChI is InChI=1S/C24H29N3O2.C4H6O3/c1-14(2)27-20-9-7-6-8-19(20)22-16(4)23(15(3)12-21(22)27)25-24(29)18-10-11-26(13-18)17(5)28;1-3(5)7-4(2)6/h6-9,12,14,18H,10-11,13H2,1-5H3,(H,25,29);1-2H3. The number of benzene rings is 2. The Kier molecular flexibility index (Phi) is 8.17. The van der Waals surface area contributed by atoms with Crippen molar-refractivity contribution in [2.45, 2.75) is 60.9 Å². The largest absolute Gasteiger partial charge is 0.394 e. The molecule has 2 heterocycles. The van der Waals surface area contributed by atoms with Crippen molar-refractivity contribution in [3.63, 3.8) is 0 Å². The van der Waals surface area contributed by atoms with E-state index in [1.807, 2.05) is 0 Å². The van der Waals surface area contributed by atoms with Crippen LogP contribution in [-0.4, -0.2) is 46.3 Å². The molecule has 1 unspecified atom stereocenters. The topological polar surface area (TPSA) is 97.7 Å². The first-order chi connectivity index (χ1) is 16.9. The minimum atomic E-state index is -0.562. The number of nitrogens with one attached hydrogen (secondary N) is 1. The molecule has 1 saturated heterocycles. The second-order valence-corrected chi connectivity index (χ2v) is 9.59. The summed E-state index contributed by atoms with van der Waals surface area (Å²) in [6.07, 6.45) is 0.721. The zero-order chi connectivity index (χ0) is 26.7. The van der Waals surface area contributed by atoms with Crippen molar-refractivity contribution in [3.05, 3.63) is 41.5 Å². The first-order valence-corrected chi connectivity index (χ1v) is 12.2. The van der Waals surface area contributed by atoms with Gasteiger partial charge in [-0.25, -0.2) is 0 Å². The minimum absolute atomic E-state index is 0.00639. The number of carbonyl (C=O) groups excluding carboxylic acids is 4. The van der Waals surface area contributed by atoms with Crippen LogP contribution < -0.4 is 5.32 Å². The van der Waals surface area contributed by atoms with Crippen LogP contribution in [0.15, 0.2) is 30.3 Å². The highest BCUT2D eigenvalue weighted by atomic mass is 16.6. The van der Waals surface area contributed by atoms with E-state index in [4.69, 9.17) is 0 Å². The van der Waals surface area contributed by atoms with E-state index in [9.17, 15) is 19.2 Å². The molecule has 8 nitrogen and oxygen atoms in total. The Balaban J connectivity index is 0.000000454. The van der Waals surface area contributed by atoms with Crippen molar-refractivity contribution < 1.29 is 23.9 Å². The lowest BCUT2D eigenvalue weighted by molar-refractivity contribution is -0.156. The van der Waals surface area contributed by atoms with Crippen LogP contribution in [0.3, 0.4) is 0 Å². The summed E-state index contributed by atoms with van der Waals surface area (Å²) >= 11 is 0. The Labute approximate surface area is 211 Å². The number of aromatic nitrogens is 1. The van der Waals surface area contributed by atoms with Gasteiger partial charge in [-0.3, -0.25) is 19.2 Å². The number of carbonyl (C=O) groups is 4. The summed E-state index contributed by atoms with van der Waals surface area (Å²) < 4.78 is 6.35. The fraction of sp³-hybridized carbons (Fsp3) is 0.429. The normalized spacial score (nSPS) is 15.1. The monoisotopic (exact) mass is 493 g/mol. The maximum Gasteiger partial charge on any atom is 0.310 e. The van der Waals surface area contributed by atoms with Gasteiger partial charge in [-0.15, -0.1) is 0 Å². The van der Waals surface area contributed by atoms with Crippen LogP contribution in [0.5, 0.6) is 0 Å². The predicted octanol–water partition coefficient (Wildman–Crippen LogP) is 4.90. The number of para-hydroxylation sites is 1. The lowest BCUT2D eigenvalue weighted by Crippen LogP contribution is -2.30. The fourth-order valence-corrected chi connectivity index (χ4v) is 4.95. The fourth-order valence-electron chi connectivity index (χ4n) is 4.95. The van der Waals surface area contributed by atoms with Gasteiger partial charge in [-0.05, 0) is 57.4 Å². The van der Waals surface area contributed by atoms with Crippen LogP contribution >= 0.6 is 0 Å². The third-order valence-corrected chi connectivity index (χ3v) is 6.50. The number of fused-ring (bicyclic) bond motifs is 3. The van der Waals surface area contributed by atoms with E-state index in [0.717, 1.165) is 23.2 Å². The SMILES string of the molecule is CC(=O)N1CCC(C(=O)Nc2c(C)cc3c(c2C)c2ccccc2n3C(C)C)C1.CC(=O)OC(C)=O. The molecule has 1 fully saturated rings. The summed E-state index contributed by atoms with van der Waals surface area (Å²) in [5.41, 5.74) is 5.49. The summed E-state index contributed by atoms with van der Waals surface area (Å²) in [7, 11) is 0. The molecule has 0 spiro atoms. The number of hydrogen-bond donors (Lipinski definition) is 1. The number of aryl methyl sites for hydroxylation is 2. The van der Waals surface area contributed by atoms with Crippen LogP contribution in [0.1, 0.15) is 58.2 Å². The second kappa shape index (κ2) is 10.9. The van der Waals surface area contributed by atoms with Crippen LogP contribution in [0, 0.1) is 19.8 Å². The Hall–Kier alpha value is -3.68. The molecule has 1 atom stereocenters. The van der Waals surface area contributed by atoms with E-state index in [-0.39, 0.29) is 17.7 Å². The summed E-state index contributed by atoms with van der Waals surface area (Å²) in [5, 5.41) is 5.61. The van der Waals surface area contributed by atoms with E-state index in [1.54, 1.807) is 11.8 Å². The van der Waals surface area contributed by atoms with Gasteiger partial charge in [-0.1, -0.05) is 18.2 Å². The van der Waals surface area contributed by atoms with Crippen LogP contribution in [0.2, 0.25) is 0 Å². The van der Waals surface area contributed by atoms with Gasteiger partial charge in [0.15, 0.2) is 0 Å². The Morgan fingerprint density at radius 1 is 1.00 bits per heavy atom. The molecule has 0 saturated carbocycles. The highest BCUT2D eigenvalue weighted by Crippen LogP contribution is 2.38. The number of esters is 2. The van der Waals surface area contributed by atoms with Gasteiger partial charge in [0.05, 0.1) is 11.4 Å². The third-order valence-electron chi connectivity index (χ3n) is 6.50. The number of nitrogens with zero attached hydrogens (tertiary/aromatic N) is 2. The summed E-state index contributed by atoms with van der Waals surface area (Å²) in [4.78, 5) is 45.9. The molecule has 1 aliphatic rings. The first-order valence-electron chi connectivity index (χ1n) is 12.2. The van der Waals surface area contributed by atoms with E-state index in [0.29, 0.717) is 19.1 Å². The van der Waals surface area contributed by atoms with E-state index < -0.39 is 11.9 Å². The first kappa shape index (κ1) is 26.9. The third kappa shape index (κ3) is 5.58. The van der Waals surface area contributed by atoms with Crippen LogP contribution in [-0.2, 0) is 23.9 Å². The smallest absolute Gasteiger partial charge is 0.310 e. The maximum absolute atomic E-state index is 12.9. The molecule has 1 N–H and O–H groups in total. The molecule has 0 radical (unpaired) electrons. The zero-order valence-corrected chi connectivity index (χ0v) is 22.1. The molecular weight excluding hydrogens is 458 g/mol.